The lowest BCUT2D eigenvalue weighted by Gasteiger charge is -2.06. The van der Waals surface area contributed by atoms with Crippen molar-refractivity contribution < 1.29 is 27.4 Å². The van der Waals surface area contributed by atoms with Gasteiger partial charge in [-0.05, 0) is 60.2 Å². The Kier molecular flexibility index (Phi) is 5.10. The highest BCUT2D eigenvalue weighted by atomic mass is 19.4. The first-order chi connectivity index (χ1) is 14.4. The van der Waals surface area contributed by atoms with E-state index in [1.54, 1.807) is 24.3 Å². The Morgan fingerprint density at radius 3 is 2.27 bits per heavy atom. The van der Waals surface area contributed by atoms with E-state index < -0.39 is 17.7 Å². The predicted octanol–water partition coefficient (Wildman–Crippen LogP) is 5.84. The van der Waals surface area contributed by atoms with Gasteiger partial charge in [-0.1, -0.05) is 30.3 Å². The Bertz CT molecular complexity index is 1130. The van der Waals surface area contributed by atoms with Crippen molar-refractivity contribution in [2.45, 2.75) is 6.18 Å². The molecule has 7 heteroatoms. The smallest absolute Gasteiger partial charge is 0.416 e. The minimum absolute atomic E-state index is 0.0433. The van der Waals surface area contributed by atoms with Gasteiger partial charge in [0.2, 0.25) is 5.90 Å². The highest BCUT2D eigenvalue weighted by Gasteiger charge is 2.31. The number of carbonyl (C=O) groups excluding carboxylic acids is 1. The summed E-state index contributed by atoms with van der Waals surface area (Å²) in [6.07, 6.45) is -2.91. The number of benzene rings is 3. The monoisotopic (exact) mass is 409 g/mol. The third-order valence-corrected chi connectivity index (χ3v) is 4.22. The van der Waals surface area contributed by atoms with Gasteiger partial charge in [0.25, 0.3) is 0 Å². The quantitative estimate of drug-likeness (QED) is 0.402. The number of para-hydroxylation sites is 1. The zero-order valence-electron chi connectivity index (χ0n) is 15.4. The van der Waals surface area contributed by atoms with Crippen LogP contribution in [0.15, 0.2) is 89.6 Å². The Morgan fingerprint density at radius 1 is 0.867 bits per heavy atom. The van der Waals surface area contributed by atoms with Crippen LogP contribution < -0.4 is 4.74 Å². The van der Waals surface area contributed by atoms with E-state index in [1.165, 1.54) is 18.2 Å². The van der Waals surface area contributed by atoms with Gasteiger partial charge in [-0.2, -0.15) is 13.2 Å². The average molecular weight is 409 g/mol. The second-order valence-electron chi connectivity index (χ2n) is 6.40. The minimum Gasteiger partial charge on any atom is -0.457 e. The third-order valence-electron chi connectivity index (χ3n) is 4.22. The molecule has 0 bridgehead atoms. The van der Waals surface area contributed by atoms with Crippen LogP contribution in [0.5, 0.6) is 11.5 Å². The number of rotatable bonds is 4. The molecule has 0 unspecified atom stereocenters. The fraction of sp³-hybridized carbons (Fsp3) is 0.0435. The fourth-order valence-electron chi connectivity index (χ4n) is 2.78. The molecule has 0 aromatic heterocycles. The van der Waals surface area contributed by atoms with Crippen molar-refractivity contribution in [2.24, 2.45) is 4.99 Å². The molecule has 0 radical (unpaired) electrons. The summed E-state index contributed by atoms with van der Waals surface area (Å²) in [5.74, 6) is 0.523. The van der Waals surface area contributed by atoms with E-state index in [0.717, 1.165) is 12.1 Å². The van der Waals surface area contributed by atoms with Crippen LogP contribution in [0, 0.1) is 0 Å². The van der Waals surface area contributed by atoms with E-state index in [0.29, 0.717) is 17.1 Å². The third kappa shape index (κ3) is 4.41. The van der Waals surface area contributed by atoms with Gasteiger partial charge in [-0.3, -0.25) is 0 Å². The lowest BCUT2D eigenvalue weighted by Crippen LogP contribution is -2.08. The highest BCUT2D eigenvalue weighted by Crippen LogP contribution is 2.30. The molecule has 1 aliphatic rings. The molecule has 0 N–H and O–H groups in total. The molecule has 0 spiro atoms. The van der Waals surface area contributed by atoms with Crippen LogP contribution in [0.25, 0.3) is 6.08 Å². The number of aliphatic imine (C=N–C) groups is 1. The number of ether oxygens (including phenoxy) is 2. The first-order valence-corrected chi connectivity index (χ1v) is 8.92. The number of carbonyl (C=O) groups is 1. The van der Waals surface area contributed by atoms with Gasteiger partial charge >= 0.3 is 12.1 Å². The second-order valence-corrected chi connectivity index (χ2v) is 6.40. The Labute approximate surface area is 169 Å². The lowest BCUT2D eigenvalue weighted by atomic mass is 10.1. The molecule has 1 aliphatic heterocycles. The largest absolute Gasteiger partial charge is 0.457 e. The first-order valence-electron chi connectivity index (χ1n) is 8.92. The molecule has 0 saturated carbocycles. The molecule has 0 atom stereocenters. The zero-order chi connectivity index (χ0) is 21.1. The van der Waals surface area contributed by atoms with Crippen LogP contribution in [0.4, 0.5) is 13.2 Å². The van der Waals surface area contributed by atoms with Gasteiger partial charge in [0, 0.05) is 5.56 Å². The van der Waals surface area contributed by atoms with E-state index in [-0.39, 0.29) is 17.2 Å². The van der Waals surface area contributed by atoms with E-state index in [2.05, 4.69) is 4.99 Å². The fourth-order valence-corrected chi connectivity index (χ4v) is 2.78. The number of esters is 1. The van der Waals surface area contributed by atoms with Gasteiger partial charge in [0.05, 0.1) is 5.56 Å². The molecule has 4 nitrogen and oxygen atoms in total. The number of nitrogens with zero attached hydrogens (tertiary/aromatic N) is 1. The summed E-state index contributed by atoms with van der Waals surface area (Å²) in [6, 6.07) is 20.5. The van der Waals surface area contributed by atoms with Crippen molar-refractivity contribution >= 4 is 17.9 Å². The molecule has 0 aliphatic carbocycles. The summed E-state index contributed by atoms with van der Waals surface area (Å²) >= 11 is 0. The first kappa shape index (κ1) is 19.4. The topological polar surface area (TPSA) is 47.9 Å². The van der Waals surface area contributed by atoms with Crippen molar-refractivity contribution in [3.8, 4) is 11.5 Å². The molecule has 4 rings (SSSR count). The van der Waals surface area contributed by atoms with Crippen LogP contribution in [0.2, 0.25) is 0 Å². The Hall–Kier alpha value is -3.87. The average Bonchev–Trinajstić information content (AvgIpc) is 3.09. The maximum absolute atomic E-state index is 12.7. The minimum atomic E-state index is -4.44. The van der Waals surface area contributed by atoms with Crippen molar-refractivity contribution in [3.63, 3.8) is 0 Å². The van der Waals surface area contributed by atoms with Gasteiger partial charge in [-0.25, -0.2) is 9.79 Å². The molecule has 3 aromatic rings. The number of hydrogen-bond acceptors (Lipinski definition) is 4. The van der Waals surface area contributed by atoms with E-state index in [1.807, 2.05) is 30.3 Å². The predicted molar refractivity (Wildman–Crippen MR) is 105 cm³/mol. The van der Waals surface area contributed by atoms with Crippen molar-refractivity contribution in [2.75, 3.05) is 0 Å². The van der Waals surface area contributed by atoms with Crippen LogP contribution in [-0.4, -0.2) is 11.9 Å². The lowest BCUT2D eigenvalue weighted by molar-refractivity contribution is -0.137. The molecular formula is C23H14F3NO3. The van der Waals surface area contributed by atoms with Gasteiger partial charge in [0.1, 0.15) is 11.5 Å². The molecule has 0 amide bonds. The number of alkyl halides is 3. The Balaban J connectivity index is 1.56. The Morgan fingerprint density at radius 2 is 1.57 bits per heavy atom. The van der Waals surface area contributed by atoms with Crippen LogP contribution in [0.3, 0.4) is 0 Å². The molecule has 30 heavy (non-hydrogen) atoms. The van der Waals surface area contributed by atoms with Gasteiger partial charge in [0.15, 0.2) is 5.70 Å². The van der Waals surface area contributed by atoms with Crippen LogP contribution in [0.1, 0.15) is 16.7 Å². The van der Waals surface area contributed by atoms with Gasteiger partial charge < -0.3 is 9.47 Å². The van der Waals surface area contributed by atoms with Crippen molar-refractivity contribution in [3.05, 3.63) is 101 Å². The molecule has 0 fully saturated rings. The highest BCUT2D eigenvalue weighted by molar-refractivity contribution is 6.12. The molecule has 0 saturated heterocycles. The molecular weight excluding hydrogens is 395 g/mol. The molecule has 1 heterocycles. The standard InChI is InChI=1S/C23H14F3NO3/c24-23(25,26)17-11-9-16(10-12-17)21-27-20(22(28)30-21)14-15-5-4-8-19(13-15)29-18-6-2-1-3-7-18/h1-14H. The number of hydrogen-bond donors (Lipinski definition) is 0. The van der Waals surface area contributed by atoms with Crippen LogP contribution >= 0.6 is 0 Å². The molecule has 3 aromatic carbocycles. The van der Waals surface area contributed by atoms with Crippen molar-refractivity contribution in [1.82, 2.24) is 0 Å². The normalized spacial score (nSPS) is 15.1. The summed E-state index contributed by atoms with van der Waals surface area (Å²) in [5.41, 5.74) is 0.192. The summed E-state index contributed by atoms with van der Waals surface area (Å²) in [4.78, 5) is 16.3. The maximum Gasteiger partial charge on any atom is 0.416 e. The van der Waals surface area contributed by atoms with E-state index in [4.69, 9.17) is 9.47 Å². The van der Waals surface area contributed by atoms with Crippen molar-refractivity contribution in [1.29, 1.82) is 0 Å². The second kappa shape index (κ2) is 7.87. The van der Waals surface area contributed by atoms with Crippen LogP contribution in [-0.2, 0) is 15.7 Å². The summed E-state index contributed by atoms with van der Waals surface area (Å²) in [6.45, 7) is 0. The SMILES string of the molecule is O=C1OC(c2ccc(C(F)(F)F)cc2)=NC1=Cc1cccc(Oc2ccccc2)c1. The van der Waals surface area contributed by atoms with E-state index >= 15 is 0 Å². The zero-order valence-corrected chi connectivity index (χ0v) is 15.4. The van der Waals surface area contributed by atoms with Gasteiger partial charge in [-0.15, -0.1) is 0 Å². The number of cyclic esters (lactones) is 1. The summed E-state index contributed by atoms with van der Waals surface area (Å²) < 4.78 is 49.0. The number of halogens is 3. The van der Waals surface area contributed by atoms with E-state index in [9.17, 15) is 18.0 Å². The maximum atomic E-state index is 12.7. The summed E-state index contributed by atoms with van der Waals surface area (Å²) in [7, 11) is 0. The molecule has 150 valence electrons. The summed E-state index contributed by atoms with van der Waals surface area (Å²) in [5, 5.41) is 0.